The highest BCUT2D eigenvalue weighted by molar-refractivity contribution is 6.30. The van der Waals surface area contributed by atoms with E-state index in [2.05, 4.69) is 21.3 Å². The van der Waals surface area contributed by atoms with Gasteiger partial charge in [0.05, 0.1) is 19.9 Å². The minimum absolute atomic E-state index is 0.315. The van der Waals surface area contributed by atoms with Crippen LogP contribution in [0, 0.1) is 13.8 Å². The van der Waals surface area contributed by atoms with Gasteiger partial charge in [0.2, 0.25) is 0 Å². The fourth-order valence-corrected chi connectivity index (χ4v) is 3.37. The van der Waals surface area contributed by atoms with Crippen LogP contribution in [0.25, 0.3) is 5.69 Å². The second kappa shape index (κ2) is 8.92. The summed E-state index contributed by atoms with van der Waals surface area (Å²) in [6.07, 6.45) is 0. The number of hydrogen-bond donors (Lipinski definition) is 2. The van der Waals surface area contributed by atoms with Crippen LogP contribution in [0.4, 0.5) is 10.5 Å². The maximum atomic E-state index is 12.4. The number of nitrogens with one attached hydrogen (secondary N) is 2. The molecule has 0 saturated carbocycles. The molecule has 0 unspecified atom stereocenters. The molecule has 7 heteroatoms. The molecule has 1 aromatic heterocycles. The molecule has 1 heterocycles. The number of amides is 2. The van der Waals surface area contributed by atoms with E-state index in [0.29, 0.717) is 28.8 Å². The molecular weight excluding hydrogens is 390 g/mol. The molecule has 0 aliphatic rings. The van der Waals surface area contributed by atoms with Gasteiger partial charge in [0, 0.05) is 34.7 Å². The smallest absolute Gasteiger partial charge is 0.319 e. The van der Waals surface area contributed by atoms with E-state index < -0.39 is 0 Å². The first-order valence-electron chi connectivity index (χ1n) is 9.13. The number of benzene rings is 2. The minimum atomic E-state index is -0.315. The Morgan fingerprint density at radius 3 is 2.41 bits per heavy atom. The first kappa shape index (κ1) is 20.6. The van der Waals surface area contributed by atoms with Crippen LogP contribution in [-0.4, -0.2) is 24.8 Å². The minimum Gasteiger partial charge on any atom is -0.497 e. The fourth-order valence-electron chi connectivity index (χ4n) is 3.24. The summed E-state index contributed by atoms with van der Waals surface area (Å²) >= 11 is 5.99. The molecule has 0 fully saturated rings. The monoisotopic (exact) mass is 413 g/mol. The Kier molecular flexibility index (Phi) is 6.34. The van der Waals surface area contributed by atoms with Crippen LogP contribution < -0.4 is 20.1 Å². The van der Waals surface area contributed by atoms with E-state index in [1.807, 2.05) is 38.1 Å². The third kappa shape index (κ3) is 4.66. The number of halogens is 1. The molecule has 0 saturated heterocycles. The molecule has 6 nitrogen and oxygen atoms in total. The summed E-state index contributed by atoms with van der Waals surface area (Å²) in [4.78, 5) is 12.4. The van der Waals surface area contributed by atoms with E-state index in [0.717, 1.165) is 22.6 Å². The van der Waals surface area contributed by atoms with E-state index in [9.17, 15) is 4.79 Å². The highest BCUT2D eigenvalue weighted by Gasteiger charge is 2.13. The topological polar surface area (TPSA) is 64.5 Å². The lowest BCUT2D eigenvalue weighted by Gasteiger charge is -2.13. The summed E-state index contributed by atoms with van der Waals surface area (Å²) in [5, 5.41) is 6.41. The van der Waals surface area contributed by atoms with Crippen molar-refractivity contribution in [1.82, 2.24) is 9.88 Å². The van der Waals surface area contributed by atoms with Crippen molar-refractivity contribution in [3.05, 3.63) is 70.5 Å². The van der Waals surface area contributed by atoms with Gasteiger partial charge in [-0.05, 0) is 61.9 Å². The number of hydrogen-bond acceptors (Lipinski definition) is 3. The Hall–Kier alpha value is -3.12. The molecule has 0 aliphatic carbocycles. The maximum Gasteiger partial charge on any atom is 0.319 e. The van der Waals surface area contributed by atoms with Gasteiger partial charge >= 0.3 is 6.03 Å². The van der Waals surface area contributed by atoms with Crippen LogP contribution in [-0.2, 0) is 6.54 Å². The van der Waals surface area contributed by atoms with Crippen LogP contribution in [0.1, 0.15) is 17.0 Å². The lowest BCUT2D eigenvalue weighted by atomic mass is 10.2. The molecule has 3 rings (SSSR count). The van der Waals surface area contributed by atoms with Crippen molar-refractivity contribution in [2.45, 2.75) is 20.4 Å². The summed E-state index contributed by atoms with van der Waals surface area (Å²) in [5.41, 5.74) is 4.78. The number of aromatic nitrogens is 1. The van der Waals surface area contributed by atoms with Gasteiger partial charge in [-0.1, -0.05) is 11.6 Å². The molecule has 2 amide bonds. The van der Waals surface area contributed by atoms with Gasteiger partial charge in [-0.15, -0.1) is 0 Å². The largest absolute Gasteiger partial charge is 0.497 e. The predicted molar refractivity (Wildman–Crippen MR) is 116 cm³/mol. The van der Waals surface area contributed by atoms with Crippen molar-refractivity contribution in [2.75, 3.05) is 19.5 Å². The standard InChI is InChI=1S/C22H24ClN3O3/c1-14-11-16(15(2)26(14)18-7-5-17(23)6-8-18)13-24-22(27)25-20-10-9-19(28-3)12-21(20)29-4/h5-12H,13H2,1-4H3,(H2,24,25,27). The number of methoxy groups -OCH3 is 2. The normalized spacial score (nSPS) is 10.5. The van der Waals surface area contributed by atoms with Crippen molar-refractivity contribution in [2.24, 2.45) is 0 Å². The molecule has 3 aromatic rings. The zero-order valence-electron chi connectivity index (χ0n) is 16.9. The Bertz CT molecular complexity index is 1010. The average Bonchev–Trinajstić information content (AvgIpc) is 3.00. The van der Waals surface area contributed by atoms with Crippen LogP contribution in [0.5, 0.6) is 11.5 Å². The molecule has 0 bridgehead atoms. The number of ether oxygens (including phenoxy) is 2. The van der Waals surface area contributed by atoms with E-state index in [-0.39, 0.29) is 6.03 Å². The summed E-state index contributed by atoms with van der Waals surface area (Å²) in [5.74, 6) is 1.18. The molecule has 2 N–H and O–H groups in total. The van der Waals surface area contributed by atoms with Gasteiger partial charge in [-0.25, -0.2) is 4.79 Å². The second-order valence-electron chi connectivity index (χ2n) is 6.58. The first-order chi connectivity index (χ1) is 13.9. The molecular formula is C22H24ClN3O3. The summed E-state index contributed by atoms with van der Waals surface area (Å²) < 4.78 is 12.6. The molecule has 0 aliphatic heterocycles. The van der Waals surface area contributed by atoms with Gasteiger partial charge in [0.25, 0.3) is 0 Å². The van der Waals surface area contributed by atoms with Gasteiger partial charge in [0.1, 0.15) is 11.5 Å². The molecule has 0 spiro atoms. The number of carbonyl (C=O) groups excluding carboxylic acids is 1. The summed E-state index contributed by atoms with van der Waals surface area (Å²) in [7, 11) is 3.12. The van der Waals surface area contributed by atoms with Gasteiger partial charge in [-0.2, -0.15) is 0 Å². The van der Waals surface area contributed by atoms with Gasteiger partial charge < -0.3 is 24.7 Å². The van der Waals surface area contributed by atoms with Gasteiger partial charge in [-0.3, -0.25) is 0 Å². The number of nitrogens with zero attached hydrogens (tertiary/aromatic N) is 1. The third-order valence-electron chi connectivity index (χ3n) is 4.72. The first-order valence-corrected chi connectivity index (χ1v) is 9.51. The van der Waals surface area contributed by atoms with Crippen molar-refractivity contribution < 1.29 is 14.3 Å². The molecule has 2 aromatic carbocycles. The van der Waals surface area contributed by atoms with Crippen molar-refractivity contribution >= 4 is 23.3 Å². The van der Waals surface area contributed by atoms with Crippen LogP contribution >= 0.6 is 11.6 Å². The number of anilines is 1. The second-order valence-corrected chi connectivity index (χ2v) is 7.02. The number of rotatable bonds is 6. The number of aryl methyl sites for hydroxylation is 1. The summed E-state index contributed by atoms with van der Waals surface area (Å²) in [6.45, 7) is 4.47. The number of carbonyl (C=O) groups is 1. The number of urea groups is 1. The highest BCUT2D eigenvalue weighted by atomic mass is 35.5. The van der Waals surface area contributed by atoms with E-state index in [4.69, 9.17) is 21.1 Å². The van der Waals surface area contributed by atoms with E-state index in [1.165, 1.54) is 0 Å². The Morgan fingerprint density at radius 2 is 1.76 bits per heavy atom. The van der Waals surface area contributed by atoms with E-state index >= 15 is 0 Å². The molecule has 0 radical (unpaired) electrons. The fraction of sp³-hybridized carbons (Fsp3) is 0.227. The SMILES string of the molecule is COc1ccc(NC(=O)NCc2cc(C)n(-c3ccc(Cl)cc3)c2C)c(OC)c1. The lowest BCUT2D eigenvalue weighted by Crippen LogP contribution is -2.28. The third-order valence-corrected chi connectivity index (χ3v) is 4.97. The zero-order chi connectivity index (χ0) is 21.0. The predicted octanol–water partition coefficient (Wildman–Crippen LogP) is 5.09. The molecule has 152 valence electrons. The quantitative estimate of drug-likeness (QED) is 0.591. The summed E-state index contributed by atoms with van der Waals surface area (Å²) in [6, 6.07) is 14.6. The Morgan fingerprint density at radius 1 is 1.03 bits per heavy atom. The average molecular weight is 414 g/mol. The Balaban J connectivity index is 1.70. The van der Waals surface area contributed by atoms with Gasteiger partial charge in [0.15, 0.2) is 0 Å². The lowest BCUT2D eigenvalue weighted by molar-refractivity contribution is 0.251. The van der Waals surface area contributed by atoms with Crippen molar-refractivity contribution in [1.29, 1.82) is 0 Å². The van der Waals surface area contributed by atoms with Crippen molar-refractivity contribution in [3.8, 4) is 17.2 Å². The van der Waals surface area contributed by atoms with Crippen molar-refractivity contribution in [3.63, 3.8) is 0 Å². The zero-order valence-corrected chi connectivity index (χ0v) is 17.6. The van der Waals surface area contributed by atoms with Crippen LogP contribution in [0.3, 0.4) is 0 Å². The Labute approximate surface area is 175 Å². The maximum absolute atomic E-state index is 12.4. The molecule has 0 atom stereocenters. The molecule has 29 heavy (non-hydrogen) atoms. The van der Waals surface area contributed by atoms with Crippen LogP contribution in [0.2, 0.25) is 5.02 Å². The van der Waals surface area contributed by atoms with Crippen LogP contribution in [0.15, 0.2) is 48.5 Å². The van der Waals surface area contributed by atoms with E-state index in [1.54, 1.807) is 32.4 Å². The highest BCUT2D eigenvalue weighted by Crippen LogP contribution is 2.29.